The Morgan fingerprint density at radius 2 is 1.47 bits per heavy atom. The van der Waals surface area contributed by atoms with Gasteiger partial charge in [-0.25, -0.2) is 0 Å². The van der Waals surface area contributed by atoms with Crippen LogP contribution in [-0.4, -0.2) is 25.2 Å². The molecule has 17 heavy (non-hydrogen) atoms. The second-order valence-corrected chi connectivity index (χ2v) is 6.40. The van der Waals surface area contributed by atoms with Crippen molar-refractivity contribution in [2.75, 3.05) is 13.2 Å². The Hall–Kier alpha value is -1.06. The second kappa shape index (κ2) is 2.68. The largest absolute Gasteiger partial charge is 0.464 e. The molecule has 0 N–H and O–H groups in total. The van der Waals surface area contributed by atoms with Crippen LogP contribution in [0.15, 0.2) is 0 Å². The highest BCUT2D eigenvalue weighted by Gasteiger charge is 2.76. The Balaban J connectivity index is 1.94. The molecule has 4 heteroatoms. The van der Waals surface area contributed by atoms with E-state index in [1.807, 2.05) is 0 Å². The first-order valence-electron chi connectivity index (χ1n) is 6.47. The van der Waals surface area contributed by atoms with E-state index >= 15 is 0 Å². The Bertz CT molecular complexity index is 397. The molecule has 4 aliphatic heterocycles. The second-order valence-electron chi connectivity index (χ2n) is 6.40. The van der Waals surface area contributed by atoms with Crippen LogP contribution in [0.1, 0.15) is 38.5 Å². The topological polar surface area (TPSA) is 52.6 Å². The van der Waals surface area contributed by atoms with Crippen molar-refractivity contribution in [1.82, 2.24) is 0 Å². The number of esters is 2. The summed E-state index contributed by atoms with van der Waals surface area (Å²) in [6.07, 6.45) is 5.55. The van der Waals surface area contributed by atoms with Crippen molar-refractivity contribution >= 4 is 11.9 Å². The van der Waals surface area contributed by atoms with Gasteiger partial charge in [-0.15, -0.1) is 0 Å². The molecule has 4 nitrogen and oxygen atoms in total. The first-order valence-corrected chi connectivity index (χ1v) is 6.47. The van der Waals surface area contributed by atoms with Gasteiger partial charge in [-0.3, -0.25) is 9.59 Å². The van der Waals surface area contributed by atoms with Gasteiger partial charge >= 0.3 is 11.9 Å². The molecule has 0 atom stereocenters. The van der Waals surface area contributed by atoms with Crippen LogP contribution in [0.2, 0.25) is 0 Å². The van der Waals surface area contributed by atoms with Gasteiger partial charge in [0.15, 0.2) is 5.41 Å². The van der Waals surface area contributed by atoms with Gasteiger partial charge in [0.05, 0.1) is 0 Å². The summed E-state index contributed by atoms with van der Waals surface area (Å²) in [5, 5.41) is 0. The standard InChI is InChI=1S/C13H16O4/c14-9-13-4-2-1-3-12(13)5-11(6-12,7-16-9)8-17-10(13)15/h1-8H2. The fourth-order valence-electron chi connectivity index (χ4n) is 4.84. The van der Waals surface area contributed by atoms with Crippen molar-refractivity contribution in [3.8, 4) is 0 Å². The molecule has 0 unspecified atom stereocenters. The molecule has 4 heterocycles. The van der Waals surface area contributed by atoms with Gasteiger partial charge in [0, 0.05) is 5.41 Å². The molecule has 3 bridgehead atoms. The van der Waals surface area contributed by atoms with Crippen molar-refractivity contribution in [2.45, 2.75) is 38.5 Å². The van der Waals surface area contributed by atoms with Crippen molar-refractivity contribution < 1.29 is 19.1 Å². The zero-order chi connectivity index (χ0) is 11.7. The van der Waals surface area contributed by atoms with Gasteiger partial charge in [0.2, 0.25) is 0 Å². The maximum atomic E-state index is 12.3. The van der Waals surface area contributed by atoms with Gasteiger partial charge < -0.3 is 9.47 Å². The molecular formula is C13H16O4. The van der Waals surface area contributed by atoms with Gasteiger partial charge in [0.1, 0.15) is 13.2 Å². The summed E-state index contributed by atoms with van der Waals surface area (Å²) in [4.78, 5) is 24.6. The number of ether oxygens (including phenoxy) is 2. The van der Waals surface area contributed by atoms with E-state index in [9.17, 15) is 9.59 Å². The minimum Gasteiger partial charge on any atom is -0.464 e. The minimum absolute atomic E-state index is 0.0547. The van der Waals surface area contributed by atoms with Crippen LogP contribution >= 0.6 is 0 Å². The number of hydrogen-bond acceptors (Lipinski definition) is 4. The van der Waals surface area contributed by atoms with E-state index in [4.69, 9.17) is 9.47 Å². The summed E-state index contributed by atoms with van der Waals surface area (Å²) in [5.74, 6) is -0.609. The van der Waals surface area contributed by atoms with Crippen LogP contribution in [-0.2, 0) is 19.1 Å². The third kappa shape index (κ3) is 0.893. The Morgan fingerprint density at radius 3 is 2.12 bits per heavy atom. The number of rotatable bonds is 0. The predicted octanol–water partition coefficient (Wildman–Crippen LogP) is 1.43. The van der Waals surface area contributed by atoms with Crippen molar-refractivity contribution in [3.63, 3.8) is 0 Å². The van der Waals surface area contributed by atoms with E-state index in [1.54, 1.807) is 0 Å². The summed E-state index contributed by atoms with van der Waals surface area (Å²) in [6, 6.07) is 0. The first kappa shape index (κ1) is 9.92. The van der Waals surface area contributed by atoms with Gasteiger partial charge in [-0.2, -0.15) is 0 Å². The lowest BCUT2D eigenvalue weighted by atomic mass is 9.41. The smallest absolute Gasteiger partial charge is 0.324 e. The quantitative estimate of drug-likeness (QED) is 0.471. The van der Waals surface area contributed by atoms with E-state index in [1.165, 1.54) is 0 Å². The van der Waals surface area contributed by atoms with Gasteiger partial charge in [-0.05, 0) is 31.1 Å². The van der Waals surface area contributed by atoms with E-state index in [-0.39, 0.29) is 22.8 Å². The molecule has 0 aromatic heterocycles. The van der Waals surface area contributed by atoms with Crippen LogP contribution in [0.3, 0.4) is 0 Å². The third-order valence-electron chi connectivity index (χ3n) is 5.51. The summed E-state index contributed by atoms with van der Waals surface area (Å²) in [6.45, 7) is 0.894. The Morgan fingerprint density at radius 1 is 0.882 bits per heavy atom. The molecule has 0 amide bonds. The fourth-order valence-corrected chi connectivity index (χ4v) is 4.84. The maximum absolute atomic E-state index is 12.3. The van der Waals surface area contributed by atoms with Gasteiger partial charge in [-0.1, -0.05) is 12.8 Å². The highest BCUT2D eigenvalue weighted by Crippen LogP contribution is 2.72. The number of carbonyl (C=O) groups excluding carboxylic acids is 2. The number of fused-ring (bicyclic) bond motifs is 4. The van der Waals surface area contributed by atoms with E-state index < -0.39 is 5.41 Å². The SMILES string of the molecule is O=C1OCC23COC(=O)C14CCCCC4(C2)C3. The highest BCUT2D eigenvalue weighted by atomic mass is 16.6. The van der Waals surface area contributed by atoms with Gasteiger partial charge in [0.25, 0.3) is 0 Å². The van der Waals surface area contributed by atoms with Crippen LogP contribution in [0.5, 0.6) is 0 Å². The zero-order valence-electron chi connectivity index (χ0n) is 9.79. The van der Waals surface area contributed by atoms with Crippen LogP contribution in [0.25, 0.3) is 0 Å². The lowest BCUT2D eigenvalue weighted by Crippen LogP contribution is -2.59. The molecule has 2 aliphatic carbocycles. The van der Waals surface area contributed by atoms with E-state index in [0.717, 1.165) is 32.1 Å². The lowest BCUT2D eigenvalue weighted by molar-refractivity contribution is -0.183. The van der Waals surface area contributed by atoms with E-state index in [0.29, 0.717) is 19.6 Å². The molecule has 6 rings (SSSR count). The normalized spacial score (nSPS) is 51.5. The molecule has 6 aliphatic rings. The molecule has 92 valence electrons. The molecule has 0 radical (unpaired) electrons. The average Bonchev–Trinajstić information content (AvgIpc) is 2.58. The molecule has 1 spiro atoms. The predicted molar refractivity (Wildman–Crippen MR) is 56.9 cm³/mol. The van der Waals surface area contributed by atoms with E-state index in [2.05, 4.69) is 0 Å². The molecule has 2 saturated carbocycles. The van der Waals surface area contributed by atoms with Crippen molar-refractivity contribution in [2.24, 2.45) is 16.2 Å². The molecule has 0 aromatic rings. The van der Waals surface area contributed by atoms with Crippen LogP contribution < -0.4 is 0 Å². The summed E-state index contributed by atoms with van der Waals surface area (Å²) in [5.41, 5.74) is -1.14. The number of hydrogen-bond donors (Lipinski definition) is 0. The fraction of sp³-hybridized carbons (Fsp3) is 0.846. The number of carbonyl (C=O) groups is 2. The zero-order valence-corrected chi connectivity index (χ0v) is 9.79. The summed E-state index contributed by atoms with van der Waals surface area (Å²) >= 11 is 0. The summed E-state index contributed by atoms with van der Waals surface area (Å²) in [7, 11) is 0. The Kier molecular flexibility index (Phi) is 1.56. The van der Waals surface area contributed by atoms with Crippen molar-refractivity contribution in [3.05, 3.63) is 0 Å². The molecule has 0 aromatic carbocycles. The monoisotopic (exact) mass is 236 g/mol. The molecular weight excluding hydrogens is 220 g/mol. The third-order valence-corrected chi connectivity index (χ3v) is 5.51. The highest BCUT2D eigenvalue weighted by molar-refractivity contribution is 6.02. The Labute approximate surface area is 99.6 Å². The van der Waals surface area contributed by atoms with Crippen LogP contribution in [0.4, 0.5) is 0 Å². The van der Waals surface area contributed by atoms with Crippen LogP contribution in [0, 0.1) is 16.2 Å². The molecule has 4 saturated heterocycles. The first-order chi connectivity index (χ1) is 8.13. The summed E-state index contributed by atoms with van der Waals surface area (Å²) < 4.78 is 10.8. The minimum atomic E-state index is -0.957. The van der Waals surface area contributed by atoms with Crippen molar-refractivity contribution in [1.29, 1.82) is 0 Å². The average molecular weight is 236 g/mol. The molecule has 6 fully saturated rings. The maximum Gasteiger partial charge on any atom is 0.324 e. The lowest BCUT2D eigenvalue weighted by Gasteiger charge is -2.57.